The van der Waals surface area contributed by atoms with Crippen molar-refractivity contribution in [3.8, 4) is 0 Å². The largest absolute Gasteiger partial charge is 0.352 e. The summed E-state index contributed by atoms with van der Waals surface area (Å²) in [4.78, 5) is 11.8. The van der Waals surface area contributed by atoms with E-state index in [9.17, 15) is 4.79 Å². The quantitative estimate of drug-likeness (QED) is 0.699. The number of rotatable bonds is 3. The first-order valence-electron chi connectivity index (χ1n) is 5.58. The smallest absolute Gasteiger partial charge is 0.225 e. The van der Waals surface area contributed by atoms with Gasteiger partial charge in [-0.25, -0.2) is 0 Å². The number of amides is 1. The van der Waals surface area contributed by atoms with Gasteiger partial charge in [0.1, 0.15) is 0 Å². The molecule has 0 bridgehead atoms. The molecule has 0 aromatic rings. The molecule has 2 fully saturated rings. The highest BCUT2D eigenvalue weighted by atomic mass is 16.2. The van der Waals surface area contributed by atoms with Crippen molar-refractivity contribution in [2.45, 2.75) is 33.2 Å². The van der Waals surface area contributed by atoms with Crippen LogP contribution in [0.5, 0.6) is 0 Å². The number of hydrogen-bond donors (Lipinski definition) is 2. The molecule has 3 heteroatoms. The van der Waals surface area contributed by atoms with Crippen LogP contribution in [-0.4, -0.2) is 25.0 Å². The standard InChI is InChI=1S/C11H20N2O/c1-4-11(2,3)10(14)13-9-7-5-12-6-8(7)9/h7-9,12H,4-6H2,1-3H3,(H,13,14)/t7-,8+,9?. The van der Waals surface area contributed by atoms with Gasteiger partial charge in [-0.2, -0.15) is 0 Å². The molecule has 0 spiro atoms. The summed E-state index contributed by atoms with van der Waals surface area (Å²) in [6, 6.07) is 0.467. The normalized spacial score (nSPS) is 35.2. The summed E-state index contributed by atoms with van der Waals surface area (Å²) in [6.45, 7) is 8.26. The number of nitrogens with one attached hydrogen (secondary N) is 2. The topological polar surface area (TPSA) is 41.1 Å². The first-order chi connectivity index (χ1) is 6.56. The fraction of sp³-hybridized carbons (Fsp3) is 0.909. The Morgan fingerprint density at radius 2 is 2.00 bits per heavy atom. The van der Waals surface area contributed by atoms with E-state index in [4.69, 9.17) is 0 Å². The molecule has 1 aliphatic heterocycles. The van der Waals surface area contributed by atoms with Crippen molar-refractivity contribution >= 4 is 5.91 Å². The fourth-order valence-corrected chi connectivity index (χ4v) is 2.14. The van der Waals surface area contributed by atoms with E-state index in [1.807, 2.05) is 13.8 Å². The first kappa shape index (κ1) is 9.97. The molecule has 2 rings (SSSR count). The molecule has 1 saturated carbocycles. The molecule has 3 atom stereocenters. The predicted octanol–water partition coefficient (Wildman–Crippen LogP) is 0.757. The SMILES string of the molecule is CCC(C)(C)C(=O)NC1[C@H]2CNC[C@@H]12. The highest BCUT2D eigenvalue weighted by Gasteiger charge is 2.54. The maximum Gasteiger partial charge on any atom is 0.225 e. The molecule has 14 heavy (non-hydrogen) atoms. The van der Waals surface area contributed by atoms with E-state index in [2.05, 4.69) is 17.6 Å². The summed E-state index contributed by atoms with van der Waals surface area (Å²) in [5.74, 6) is 1.65. The van der Waals surface area contributed by atoms with Crippen LogP contribution in [0.4, 0.5) is 0 Å². The molecule has 0 aromatic carbocycles. The van der Waals surface area contributed by atoms with Gasteiger partial charge in [0.2, 0.25) is 5.91 Å². The minimum absolute atomic E-state index is 0.204. The number of carbonyl (C=O) groups excluding carboxylic acids is 1. The van der Waals surface area contributed by atoms with E-state index >= 15 is 0 Å². The minimum Gasteiger partial charge on any atom is -0.352 e. The Kier molecular flexibility index (Phi) is 2.30. The van der Waals surface area contributed by atoms with Crippen LogP contribution < -0.4 is 10.6 Å². The van der Waals surface area contributed by atoms with Crippen LogP contribution in [0.1, 0.15) is 27.2 Å². The van der Waals surface area contributed by atoms with Crippen molar-refractivity contribution in [2.24, 2.45) is 17.3 Å². The lowest BCUT2D eigenvalue weighted by Crippen LogP contribution is -2.40. The number of hydrogen-bond acceptors (Lipinski definition) is 2. The Morgan fingerprint density at radius 3 is 2.50 bits per heavy atom. The Labute approximate surface area is 85.6 Å². The maximum atomic E-state index is 11.8. The van der Waals surface area contributed by atoms with Gasteiger partial charge >= 0.3 is 0 Å². The summed E-state index contributed by atoms with van der Waals surface area (Å²) in [5, 5.41) is 6.49. The van der Waals surface area contributed by atoms with E-state index in [0.717, 1.165) is 19.5 Å². The lowest BCUT2D eigenvalue weighted by atomic mass is 9.89. The van der Waals surface area contributed by atoms with Gasteiger partial charge in [0.15, 0.2) is 0 Å². The number of piperidine rings is 1. The molecule has 2 aliphatic rings. The highest BCUT2D eigenvalue weighted by molar-refractivity contribution is 5.82. The molecule has 80 valence electrons. The molecule has 1 amide bonds. The van der Waals surface area contributed by atoms with Gasteiger partial charge in [0, 0.05) is 24.5 Å². The number of carbonyl (C=O) groups is 1. The second kappa shape index (κ2) is 3.23. The van der Waals surface area contributed by atoms with Crippen LogP contribution in [0.2, 0.25) is 0 Å². The lowest BCUT2D eigenvalue weighted by Gasteiger charge is -2.22. The van der Waals surface area contributed by atoms with Crippen LogP contribution in [0.15, 0.2) is 0 Å². The van der Waals surface area contributed by atoms with Gasteiger partial charge in [0.05, 0.1) is 0 Å². The maximum absolute atomic E-state index is 11.8. The van der Waals surface area contributed by atoms with Crippen molar-refractivity contribution in [3.05, 3.63) is 0 Å². The molecule has 1 heterocycles. The van der Waals surface area contributed by atoms with Gasteiger partial charge < -0.3 is 10.6 Å². The van der Waals surface area contributed by atoms with Crippen molar-refractivity contribution in [1.82, 2.24) is 10.6 Å². The van der Waals surface area contributed by atoms with Gasteiger partial charge in [-0.05, 0) is 18.3 Å². The fourth-order valence-electron chi connectivity index (χ4n) is 2.14. The van der Waals surface area contributed by atoms with E-state index in [1.54, 1.807) is 0 Å². The zero-order chi connectivity index (χ0) is 10.3. The van der Waals surface area contributed by atoms with Gasteiger partial charge in [0.25, 0.3) is 0 Å². The van der Waals surface area contributed by atoms with Crippen LogP contribution in [0.25, 0.3) is 0 Å². The summed E-state index contributed by atoms with van der Waals surface area (Å²) in [5.41, 5.74) is -0.204. The van der Waals surface area contributed by atoms with E-state index in [1.165, 1.54) is 0 Å². The summed E-state index contributed by atoms with van der Waals surface area (Å²) in [7, 11) is 0. The lowest BCUT2D eigenvalue weighted by molar-refractivity contribution is -0.129. The Balaban J connectivity index is 1.84. The summed E-state index contributed by atoms with van der Waals surface area (Å²) in [6.07, 6.45) is 0.902. The second-order valence-corrected chi connectivity index (χ2v) is 5.22. The van der Waals surface area contributed by atoms with Crippen LogP contribution in [0, 0.1) is 17.3 Å². The third-order valence-corrected chi connectivity index (χ3v) is 3.89. The van der Waals surface area contributed by atoms with Crippen LogP contribution in [0.3, 0.4) is 0 Å². The molecular formula is C11H20N2O. The van der Waals surface area contributed by atoms with E-state index < -0.39 is 0 Å². The van der Waals surface area contributed by atoms with Crippen molar-refractivity contribution in [3.63, 3.8) is 0 Å². The molecule has 2 N–H and O–H groups in total. The monoisotopic (exact) mass is 196 g/mol. The summed E-state index contributed by atoms with van der Waals surface area (Å²) < 4.78 is 0. The molecule has 1 unspecified atom stereocenters. The Bertz CT molecular complexity index is 240. The Hall–Kier alpha value is -0.570. The average molecular weight is 196 g/mol. The van der Waals surface area contributed by atoms with Crippen LogP contribution >= 0.6 is 0 Å². The third kappa shape index (κ3) is 1.54. The zero-order valence-corrected chi connectivity index (χ0v) is 9.26. The predicted molar refractivity (Wildman–Crippen MR) is 55.9 cm³/mol. The second-order valence-electron chi connectivity index (χ2n) is 5.22. The van der Waals surface area contributed by atoms with Gasteiger partial charge in [-0.3, -0.25) is 4.79 Å². The van der Waals surface area contributed by atoms with Crippen molar-refractivity contribution in [1.29, 1.82) is 0 Å². The molecule has 0 aromatic heterocycles. The Morgan fingerprint density at radius 1 is 1.43 bits per heavy atom. The van der Waals surface area contributed by atoms with Crippen LogP contribution in [-0.2, 0) is 4.79 Å². The van der Waals surface area contributed by atoms with E-state index in [-0.39, 0.29) is 11.3 Å². The first-order valence-corrected chi connectivity index (χ1v) is 5.58. The van der Waals surface area contributed by atoms with Gasteiger partial charge in [-0.1, -0.05) is 20.8 Å². The molecule has 1 aliphatic carbocycles. The van der Waals surface area contributed by atoms with Crippen molar-refractivity contribution < 1.29 is 4.79 Å². The average Bonchev–Trinajstić information content (AvgIpc) is 2.64. The number of fused-ring (bicyclic) bond motifs is 1. The zero-order valence-electron chi connectivity index (χ0n) is 9.26. The van der Waals surface area contributed by atoms with Crippen molar-refractivity contribution in [2.75, 3.05) is 13.1 Å². The molecule has 1 saturated heterocycles. The molecule has 0 radical (unpaired) electrons. The van der Waals surface area contributed by atoms with Gasteiger partial charge in [-0.15, -0.1) is 0 Å². The molecular weight excluding hydrogens is 176 g/mol. The molecule has 3 nitrogen and oxygen atoms in total. The minimum atomic E-state index is -0.204. The third-order valence-electron chi connectivity index (χ3n) is 3.89. The van der Waals surface area contributed by atoms with E-state index in [0.29, 0.717) is 17.9 Å². The summed E-state index contributed by atoms with van der Waals surface area (Å²) >= 11 is 0. The highest BCUT2D eigenvalue weighted by Crippen LogP contribution is 2.42.